The number of hydrogen-bond donors (Lipinski definition) is 2. The van der Waals surface area contributed by atoms with Gasteiger partial charge in [0.05, 0.1) is 15.2 Å². The average Bonchev–Trinajstić information content (AvgIpc) is 3.10. The Morgan fingerprint density at radius 1 is 0.685 bits per heavy atom. The molecule has 2 aromatic carbocycles. The van der Waals surface area contributed by atoms with Crippen LogP contribution in [0.3, 0.4) is 0 Å². The molecular weight excluding hydrogens is 721 g/mol. The number of rotatable bonds is 6. The molecule has 7 rings (SSSR count). The highest BCUT2D eigenvalue weighted by Crippen LogP contribution is 2.76. The van der Waals surface area contributed by atoms with Crippen molar-refractivity contribution in [2.24, 2.45) is 50.2 Å². The molecule has 4 saturated carbocycles. The highest BCUT2D eigenvalue weighted by Gasteiger charge is 2.69. The molecule has 0 spiro atoms. The number of benzene rings is 2. The van der Waals surface area contributed by atoms with Crippen LogP contribution in [0.25, 0.3) is 0 Å². The summed E-state index contributed by atoms with van der Waals surface area (Å²) in [6.07, 6.45) is 9.16. The van der Waals surface area contributed by atoms with E-state index in [1.54, 1.807) is 36.4 Å². The van der Waals surface area contributed by atoms with Crippen LogP contribution in [0.4, 0.5) is 4.79 Å². The van der Waals surface area contributed by atoms with Crippen molar-refractivity contribution in [3.05, 3.63) is 72.3 Å². The van der Waals surface area contributed by atoms with Gasteiger partial charge in [0.1, 0.15) is 6.10 Å². The van der Waals surface area contributed by atoms with Crippen LogP contribution in [-0.4, -0.2) is 34.9 Å². The summed E-state index contributed by atoms with van der Waals surface area (Å²) >= 11 is 0. The van der Waals surface area contributed by atoms with Gasteiger partial charge in [0.25, 0.3) is 20.0 Å². The molecule has 4 fully saturated rings. The van der Waals surface area contributed by atoms with E-state index in [0.717, 1.165) is 44.9 Å². The second kappa shape index (κ2) is 12.9. The van der Waals surface area contributed by atoms with E-state index < -0.39 is 43.1 Å². The van der Waals surface area contributed by atoms with Gasteiger partial charge >= 0.3 is 6.09 Å². The summed E-state index contributed by atoms with van der Waals surface area (Å²) in [5.41, 5.74) is -0.121. The molecule has 294 valence electrons. The van der Waals surface area contributed by atoms with E-state index in [1.807, 2.05) is 0 Å². The number of sulfonamides is 2. The smallest absolute Gasteiger partial charge is 0.421 e. The van der Waals surface area contributed by atoms with Gasteiger partial charge in [-0.1, -0.05) is 96.5 Å². The molecule has 5 aliphatic carbocycles. The van der Waals surface area contributed by atoms with Gasteiger partial charge in [-0.05, 0) is 128 Å². The Morgan fingerprint density at radius 3 is 1.87 bits per heavy atom. The maximum absolute atomic E-state index is 14.5. The Morgan fingerprint density at radius 2 is 1.26 bits per heavy atom. The van der Waals surface area contributed by atoms with Crippen molar-refractivity contribution in [2.45, 2.75) is 129 Å². The molecule has 0 bridgehead atoms. The average molecular weight is 779 g/mol. The molecule has 0 radical (unpaired) electrons. The predicted molar refractivity (Wildman–Crippen MR) is 208 cm³/mol. The largest absolute Gasteiger partial charge is 0.445 e. The molecule has 0 saturated heterocycles. The molecular formula is C43H58N2O7S2. The fourth-order valence-corrected chi connectivity index (χ4v) is 14.6. The maximum atomic E-state index is 14.5. The van der Waals surface area contributed by atoms with Crippen molar-refractivity contribution in [1.29, 1.82) is 0 Å². The van der Waals surface area contributed by atoms with E-state index in [0.29, 0.717) is 25.2 Å². The second-order valence-electron chi connectivity index (χ2n) is 19.3. The van der Waals surface area contributed by atoms with Crippen molar-refractivity contribution in [3.63, 3.8) is 0 Å². The van der Waals surface area contributed by atoms with Gasteiger partial charge in [0, 0.05) is 5.41 Å². The normalized spacial score (nSPS) is 36.8. The van der Waals surface area contributed by atoms with Crippen LogP contribution in [0.5, 0.6) is 0 Å². The van der Waals surface area contributed by atoms with E-state index in [9.17, 15) is 26.4 Å². The standard InChI is InChI=1S/C43H58N2O7S2/c1-38(2)24-26-43(36(46)44-53(48,49)29-14-10-8-11-15-29)27-25-41(6)31(32(43)28-38)18-19-34-40(5)22-21-35(39(3,4)33(40)20-23-42(34,41)7)52-37(47)45-54(50,51)30-16-12-9-13-17-30/h8-18,32-35H,19-28H2,1-7H3,(H,44,46)(H,45,47)/t32-,33-,34+,35-,40-,41+,42+,43-/m0/s1. The highest BCUT2D eigenvalue weighted by molar-refractivity contribution is 7.90. The summed E-state index contributed by atoms with van der Waals surface area (Å²) in [4.78, 5) is 27.7. The Labute approximate surface area is 322 Å². The summed E-state index contributed by atoms with van der Waals surface area (Å²) in [6.45, 7) is 16.2. The first kappa shape index (κ1) is 39.1. The Balaban J connectivity index is 1.16. The molecule has 8 atom stereocenters. The number of amides is 2. The van der Waals surface area contributed by atoms with Crippen molar-refractivity contribution in [3.8, 4) is 0 Å². The molecule has 5 aliphatic rings. The number of ether oxygens (including phenoxy) is 1. The van der Waals surface area contributed by atoms with Crippen molar-refractivity contribution >= 4 is 32.0 Å². The first-order valence-corrected chi connectivity index (χ1v) is 22.7. The van der Waals surface area contributed by atoms with Crippen LogP contribution in [0, 0.1) is 50.2 Å². The van der Waals surface area contributed by atoms with E-state index in [-0.39, 0.29) is 49.2 Å². The molecule has 0 heterocycles. The molecule has 9 nitrogen and oxygen atoms in total. The molecule has 54 heavy (non-hydrogen) atoms. The quantitative estimate of drug-likeness (QED) is 0.280. The lowest BCUT2D eigenvalue weighted by atomic mass is 9.33. The molecule has 0 aliphatic heterocycles. The van der Waals surface area contributed by atoms with Crippen LogP contribution >= 0.6 is 0 Å². The number of nitrogens with one attached hydrogen (secondary N) is 2. The summed E-state index contributed by atoms with van der Waals surface area (Å²) in [6, 6.07) is 16.0. The van der Waals surface area contributed by atoms with Gasteiger partial charge in [0.15, 0.2) is 0 Å². The summed E-state index contributed by atoms with van der Waals surface area (Å²) in [7, 11) is -8.08. The Kier molecular flexibility index (Phi) is 9.36. The van der Waals surface area contributed by atoms with Gasteiger partial charge < -0.3 is 4.74 Å². The van der Waals surface area contributed by atoms with Crippen LogP contribution in [0.15, 0.2) is 82.1 Å². The van der Waals surface area contributed by atoms with Crippen molar-refractivity contribution in [1.82, 2.24) is 9.44 Å². The monoisotopic (exact) mass is 778 g/mol. The second-order valence-corrected chi connectivity index (χ2v) is 22.7. The van der Waals surface area contributed by atoms with E-state index in [2.05, 4.69) is 64.0 Å². The third-order valence-electron chi connectivity index (χ3n) is 15.8. The highest BCUT2D eigenvalue weighted by atomic mass is 32.2. The lowest BCUT2D eigenvalue weighted by Gasteiger charge is -2.71. The van der Waals surface area contributed by atoms with Crippen LogP contribution in [-0.2, 0) is 29.6 Å². The van der Waals surface area contributed by atoms with Crippen LogP contribution in [0.1, 0.15) is 113 Å². The van der Waals surface area contributed by atoms with Gasteiger partial charge in [-0.15, -0.1) is 0 Å². The first-order valence-electron chi connectivity index (χ1n) is 19.7. The van der Waals surface area contributed by atoms with E-state index in [4.69, 9.17) is 4.74 Å². The molecule has 0 unspecified atom stereocenters. The van der Waals surface area contributed by atoms with Gasteiger partial charge in [-0.25, -0.2) is 31.1 Å². The predicted octanol–water partition coefficient (Wildman–Crippen LogP) is 8.78. The fourth-order valence-electron chi connectivity index (χ4n) is 12.6. The van der Waals surface area contributed by atoms with E-state index >= 15 is 0 Å². The lowest BCUT2D eigenvalue weighted by molar-refractivity contribution is -0.203. The number of allylic oxidation sites excluding steroid dienone is 2. The number of fused-ring (bicyclic) bond motifs is 7. The SMILES string of the molecule is CC1(C)CC[C@]2(C(=O)NS(=O)(=O)c3ccccc3)CC[C@]3(C)C(=CC[C@@H]4[C@@]5(C)CC[C@H](OC(=O)NS(=O)(=O)c6ccccc6)C(C)(C)[C@@H]5CC[C@]43C)[C@@H]2C1. The van der Waals surface area contributed by atoms with Gasteiger partial charge in [-0.2, -0.15) is 0 Å². The summed E-state index contributed by atoms with van der Waals surface area (Å²) in [5.74, 6) is 0.171. The Bertz CT molecular complexity index is 2070. The number of hydrogen-bond acceptors (Lipinski definition) is 7. The first-order chi connectivity index (χ1) is 25.1. The molecule has 2 amide bonds. The topological polar surface area (TPSA) is 136 Å². The summed E-state index contributed by atoms with van der Waals surface area (Å²) in [5, 5.41) is 0. The molecule has 11 heteroatoms. The lowest BCUT2D eigenvalue weighted by Crippen LogP contribution is -2.65. The number of carbonyl (C=O) groups is 2. The maximum Gasteiger partial charge on any atom is 0.421 e. The third kappa shape index (κ3) is 6.05. The van der Waals surface area contributed by atoms with Crippen molar-refractivity contribution in [2.75, 3.05) is 0 Å². The van der Waals surface area contributed by atoms with Gasteiger partial charge in [0.2, 0.25) is 5.91 Å². The Hall–Kier alpha value is -3.18. The fraction of sp³-hybridized carbons (Fsp3) is 0.628. The zero-order valence-electron chi connectivity index (χ0n) is 32.9. The van der Waals surface area contributed by atoms with Crippen LogP contribution < -0.4 is 9.44 Å². The van der Waals surface area contributed by atoms with Gasteiger partial charge in [-0.3, -0.25) is 4.79 Å². The van der Waals surface area contributed by atoms with Crippen molar-refractivity contribution < 1.29 is 31.2 Å². The third-order valence-corrected chi connectivity index (χ3v) is 18.5. The number of carbonyl (C=O) groups excluding carboxylic acids is 2. The molecule has 2 N–H and O–H groups in total. The molecule has 2 aromatic rings. The zero-order valence-corrected chi connectivity index (χ0v) is 34.5. The van der Waals surface area contributed by atoms with E-state index in [1.165, 1.54) is 29.8 Å². The zero-order chi connectivity index (χ0) is 39.2. The minimum absolute atomic E-state index is 0.0109. The van der Waals surface area contributed by atoms with Crippen LogP contribution in [0.2, 0.25) is 0 Å². The summed E-state index contributed by atoms with van der Waals surface area (Å²) < 4.78 is 63.4. The molecule has 0 aromatic heterocycles. The minimum Gasteiger partial charge on any atom is -0.445 e. The minimum atomic E-state index is -4.06.